The Hall–Kier alpha value is -3.29. The van der Waals surface area contributed by atoms with E-state index in [0.29, 0.717) is 11.1 Å². The Morgan fingerprint density at radius 1 is 1.08 bits per heavy atom. The number of fused-ring (bicyclic) bond motifs is 1. The van der Waals surface area contributed by atoms with E-state index < -0.39 is 23.3 Å². The number of alkyl halides is 3. The fourth-order valence-electron chi connectivity index (χ4n) is 2.64. The summed E-state index contributed by atoms with van der Waals surface area (Å²) in [5, 5.41) is 5.64. The molecule has 0 radical (unpaired) electrons. The van der Waals surface area contributed by atoms with Crippen LogP contribution in [-0.4, -0.2) is 18.1 Å². The van der Waals surface area contributed by atoms with Gasteiger partial charge in [-0.3, -0.25) is 4.79 Å². The van der Waals surface area contributed by atoms with Gasteiger partial charge in [0.15, 0.2) is 0 Å². The van der Waals surface area contributed by atoms with E-state index in [1.165, 1.54) is 37.4 Å². The van der Waals surface area contributed by atoms with E-state index in [9.17, 15) is 22.8 Å². The number of pyridine rings is 1. The number of hydrogen-bond donors (Lipinski definition) is 3. The third-order valence-corrected chi connectivity index (χ3v) is 3.85. The summed E-state index contributed by atoms with van der Waals surface area (Å²) >= 11 is 0. The molecule has 0 spiro atoms. The second-order valence-electron chi connectivity index (χ2n) is 5.56. The molecule has 3 aromatic rings. The van der Waals surface area contributed by atoms with Gasteiger partial charge in [0, 0.05) is 29.4 Å². The van der Waals surface area contributed by atoms with Gasteiger partial charge >= 0.3 is 12.2 Å². The molecule has 3 N–H and O–H groups in total. The molecule has 0 aliphatic rings. The van der Waals surface area contributed by atoms with Crippen molar-refractivity contribution in [2.45, 2.75) is 6.18 Å². The Bertz CT molecular complexity index is 1040. The molecular weight excluding hydrogens is 347 g/mol. The molecule has 134 valence electrons. The van der Waals surface area contributed by atoms with E-state index in [0.717, 1.165) is 6.07 Å². The zero-order chi connectivity index (χ0) is 18.9. The maximum absolute atomic E-state index is 13.2. The van der Waals surface area contributed by atoms with Crippen LogP contribution in [0.5, 0.6) is 0 Å². The SMILES string of the molecule is CNC(=O)Nc1ccc2cc(-c3ccccc3C(F)(F)F)[nH]c(=O)c2c1. The van der Waals surface area contributed by atoms with Crippen LogP contribution < -0.4 is 16.2 Å². The number of aromatic nitrogens is 1. The van der Waals surface area contributed by atoms with Crippen LogP contribution in [0.25, 0.3) is 22.0 Å². The number of carbonyl (C=O) groups excluding carboxylic acids is 1. The molecule has 1 heterocycles. The molecule has 2 amide bonds. The number of hydrogen-bond acceptors (Lipinski definition) is 2. The van der Waals surface area contributed by atoms with Crippen LogP contribution in [0.3, 0.4) is 0 Å². The maximum atomic E-state index is 13.2. The average molecular weight is 361 g/mol. The molecular formula is C18H14F3N3O2. The molecule has 0 fully saturated rings. The lowest BCUT2D eigenvalue weighted by Gasteiger charge is -2.13. The number of halogens is 3. The van der Waals surface area contributed by atoms with Gasteiger partial charge in [0.2, 0.25) is 0 Å². The number of amides is 2. The standard InChI is InChI=1S/C18H14F3N3O2/c1-22-17(26)23-11-7-6-10-8-15(24-16(25)13(10)9-11)12-4-2-3-5-14(12)18(19,20)21/h2-9H,1H3,(H,24,25)(H2,22,23,26). The van der Waals surface area contributed by atoms with Gasteiger partial charge in [-0.15, -0.1) is 0 Å². The van der Waals surface area contributed by atoms with Crippen molar-refractivity contribution in [1.29, 1.82) is 0 Å². The lowest BCUT2D eigenvalue weighted by Crippen LogP contribution is -2.24. The molecule has 1 aromatic heterocycles. The van der Waals surface area contributed by atoms with Crippen molar-refractivity contribution in [3.63, 3.8) is 0 Å². The molecule has 0 aliphatic heterocycles. The lowest BCUT2D eigenvalue weighted by atomic mass is 10.0. The number of aromatic amines is 1. The van der Waals surface area contributed by atoms with Crippen molar-refractivity contribution in [3.8, 4) is 11.3 Å². The molecule has 0 bridgehead atoms. The molecule has 0 saturated carbocycles. The van der Waals surface area contributed by atoms with Crippen molar-refractivity contribution in [3.05, 3.63) is 64.4 Å². The van der Waals surface area contributed by atoms with E-state index in [1.807, 2.05) is 0 Å². The minimum Gasteiger partial charge on any atom is -0.341 e. The summed E-state index contributed by atoms with van der Waals surface area (Å²) in [4.78, 5) is 26.2. The predicted molar refractivity (Wildman–Crippen MR) is 93.1 cm³/mol. The molecule has 0 saturated heterocycles. The minimum absolute atomic E-state index is 0.0717. The van der Waals surface area contributed by atoms with Crippen LogP contribution in [0.2, 0.25) is 0 Å². The quantitative estimate of drug-likeness (QED) is 0.646. The Balaban J connectivity index is 2.13. The Morgan fingerprint density at radius 2 is 1.81 bits per heavy atom. The summed E-state index contributed by atoms with van der Waals surface area (Å²) in [7, 11) is 1.45. The maximum Gasteiger partial charge on any atom is 0.417 e. The summed E-state index contributed by atoms with van der Waals surface area (Å²) in [6, 6.07) is 10.7. The number of carbonyl (C=O) groups is 1. The first kappa shape index (κ1) is 17.5. The largest absolute Gasteiger partial charge is 0.417 e. The Morgan fingerprint density at radius 3 is 2.50 bits per heavy atom. The van der Waals surface area contributed by atoms with Gasteiger partial charge in [-0.2, -0.15) is 13.2 Å². The van der Waals surface area contributed by atoms with Gasteiger partial charge in [0.1, 0.15) is 0 Å². The normalized spacial score (nSPS) is 11.4. The number of benzene rings is 2. The van der Waals surface area contributed by atoms with Crippen LogP contribution in [0.1, 0.15) is 5.56 Å². The summed E-state index contributed by atoms with van der Waals surface area (Å²) in [5.74, 6) is 0. The third kappa shape index (κ3) is 3.39. The van der Waals surface area contributed by atoms with Crippen molar-refractivity contribution >= 4 is 22.5 Å². The smallest absolute Gasteiger partial charge is 0.341 e. The first-order chi connectivity index (χ1) is 12.3. The topological polar surface area (TPSA) is 74.0 Å². The Kier molecular flexibility index (Phi) is 4.41. The monoisotopic (exact) mass is 361 g/mol. The number of H-pyrrole nitrogens is 1. The van der Waals surface area contributed by atoms with Crippen LogP contribution in [0, 0.1) is 0 Å². The van der Waals surface area contributed by atoms with Crippen molar-refractivity contribution in [2.24, 2.45) is 0 Å². The molecule has 26 heavy (non-hydrogen) atoms. The molecule has 5 nitrogen and oxygen atoms in total. The highest BCUT2D eigenvalue weighted by Crippen LogP contribution is 2.36. The number of nitrogens with one attached hydrogen (secondary N) is 3. The van der Waals surface area contributed by atoms with Crippen molar-refractivity contribution in [1.82, 2.24) is 10.3 Å². The van der Waals surface area contributed by atoms with E-state index in [1.54, 1.807) is 12.1 Å². The lowest BCUT2D eigenvalue weighted by molar-refractivity contribution is -0.137. The van der Waals surface area contributed by atoms with Gasteiger partial charge in [-0.25, -0.2) is 4.79 Å². The number of anilines is 1. The molecule has 2 aromatic carbocycles. The van der Waals surface area contributed by atoms with E-state index in [4.69, 9.17) is 0 Å². The molecule has 8 heteroatoms. The van der Waals surface area contributed by atoms with Crippen LogP contribution in [0.15, 0.2) is 53.3 Å². The highest BCUT2D eigenvalue weighted by atomic mass is 19.4. The van der Waals surface area contributed by atoms with Crippen molar-refractivity contribution in [2.75, 3.05) is 12.4 Å². The van der Waals surface area contributed by atoms with E-state index in [-0.39, 0.29) is 16.6 Å². The Labute approximate surface area is 145 Å². The van der Waals surface area contributed by atoms with E-state index >= 15 is 0 Å². The number of rotatable bonds is 2. The van der Waals surface area contributed by atoms with Gasteiger partial charge in [0.05, 0.1) is 5.56 Å². The van der Waals surface area contributed by atoms with E-state index in [2.05, 4.69) is 15.6 Å². The highest BCUT2D eigenvalue weighted by molar-refractivity contribution is 5.94. The summed E-state index contributed by atoms with van der Waals surface area (Å²) in [6.07, 6.45) is -4.54. The zero-order valence-corrected chi connectivity index (χ0v) is 13.6. The van der Waals surface area contributed by atoms with Gasteiger partial charge in [-0.1, -0.05) is 24.3 Å². The summed E-state index contributed by atoms with van der Waals surface area (Å²) < 4.78 is 39.7. The molecule has 0 unspecified atom stereocenters. The average Bonchev–Trinajstić information content (AvgIpc) is 2.61. The molecule has 0 atom stereocenters. The first-order valence-corrected chi connectivity index (χ1v) is 7.62. The van der Waals surface area contributed by atoms with Gasteiger partial charge in [-0.05, 0) is 29.7 Å². The minimum atomic E-state index is -4.54. The number of urea groups is 1. The van der Waals surface area contributed by atoms with Gasteiger partial charge in [0.25, 0.3) is 5.56 Å². The molecule has 0 aliphatic carbocycles. The fraction of sp³-hybridized carbons (Fsp3) is 0.111. The van der Waals surface area contributed by atoms with Crippen LogP contribution >= 0.6 is 0 Å². The highest BCUT2D eigenvalue weighted by Gasteiger charge is 2.33. The predicted octanol–water partition coefficient (Wildman–Crippen LogP) is 3.97. The van der Waals surface area contributed by atoms with Gasteiger partial charge < -0.3 is 15.6 Å². The second-order valence-corrected chi connectivity index (χ2v) is 5.56. The van der Waals surface area contributed by atoms with Crippen LogP contribution in [-0.2, 0) is 6.18 Å². The first-order valence-electron chi connectivity index (χ1n) is 7.62. The third-order valence-electron chi connectivity index (χ3n) is 3.85. The zero-order valence-electron chi connectivity index (χ0n) is 13.6. The fourth-order valence-corrected chi connectivity index (χ4v) is 2.64. The molecule has 3 rings (SSSR count). The second kappa shape index (κ2) is 6.55. The van der Waals surface area contributed by atoms with Crippen LogP contribution in [0.4, 0.5) is 23.7 Å². The van der Waals surface area contributed by atoms with Crippen molar-refractivity contribution < 1.29 is 18.0 Å². The summed E-state index contributed by atoms with van der Waals surface area (Å²) in [6.45, 7) is 0. The summed E-state index contributed by atoms with van der Waals surface area (Å²) in [5.41, 5.74) is -1.01.